The van der Waals surface area contributed by atoms with Crippen LogP contribution in [0.2, 0.25) is 0 Å². The van der Waals surface area contributed by atoms with Crippen molar-refractivity contribution in [1.29, 1.82) is 0 Å². The molecule has 0 aromatic carbocycles. The van der Waals surface area contributed by atoms with Gasteiger partial charge in [-0.3, -0.25) is 0 Å². The SMILES string of the molecule is CC=CO[C@@H]1O[C@H](CO)[C@@H](O)[C@H](OCC[C@@H](CCCCCCCCCCC)OCCCCCC/C=C\CCCCCC)[C@H]1NC(=O)OCC(Cl)(Cl)Cl. The number of unbranched alkanes of at least 4 members (excludes halogenated alkanes) is 16. The molecule has 52 heavy (non-hydrogen) atoms. The number of nitrogens with one attached hydrogen (secondary N) is 1. The van der Waals surface area contributed by atoms with Crippen LogP contribution in [0.5, 0.6) is 0 Å². The molecule has 1 saturated heterocycles. The van der Waals surface area contributed by atoms with Crippen molar-refractivity contribution < 1.29 is 38.7 Å². The molecule has 6 atom stereocenters. The summed E-state index contributed by atoms with van der Waals surface area (Å²) in [4.78, 5) is 12.7. The largest absolute Gasteiger partial charge is 0.471 e. The van der Waals surface area contributed by atoms with Crippen LogP contribution in [0.25, 0.3) is 0 Å². The summed E-state index contributed by atoms with van der Waals surface area (Å²) in [5, 5.41) is 23.7. The van der Waals surface area contributed by atoms with E-state index in [-0.39, 0.29) is 12.7 Å². The highest BCUT2D eigenvalue weighted by atomic mass is 35.6. The van der Waals surface area contributed by atoms with Crippen molar-refractivity contribution >= 4 is 40.9 Å². The Morgan fingerprint density at radius 2 is 1.40 bits per heavy atom. The minimum atomic E-state index is -1.80. The Morgan fingerprint density at radius 3 is 2.00 bits per heavy atom. The lowest BCUT2D eigenvalue weighted by Gasteiger charge is -2.43. The molecule has 1 aliphatic rings. The van der Waals surface area contributed by atoms with Crippen molar-refractivity contribution in [1.82, 2.24) is 5.32 Å². The van der Waals surface area contributed by atoms with Crippen LogP contribution in [-0.4, -0.2) is 83.3 Å². The first-order valence-electron chi connectivity index (χ1n) is 20.3. The number of ether oxygens (including phenoxy) is 5. The molecule has 0 unspecified atom stereocenters. The van der Waals surface area contributed by atoms with Gasteiger partial charge in [-0.05, 0) is 51.9 Å². The lowest BCUT2D eigenvalue weighted by molar-refractivity contribution is -0.263. The van der Waals surface area contributed by atoms with Gasteiger partial charge in [0.25, 0.3) is 0 Å². The second kappa shape index (κ2) is 32.5. The molecule has 1 heterocycles. The summed E-state index contributed by atoms with van der Waals surface area (Å²) >= 11 is 17.3. The monoisotopic (exact) mass is 799 g/mol. The van der Waals surface area contributed by atoms with E-state index < -0.39 is 53.7 Å². The second-order valence-corrected chi connectivity index (χ2v) is 16.5. The third kappa shape index (κ3) is 25.3. The maximum atomic E-state index is 12.7. The highest BCUT2D eigenvalue weighted by Gasteiger charge is 2.48. The Bertz CT molecular complexity index is 907. The Kier molecular flexibility index (Phi) is 30.7. The first-order chi connectivity index (χ1) is 25.2. The van der Waals surface area contributed by atoms with Gasteiger partial charge >= 0.3 is 6.09 Å². The summed E-state index contributed by atoms with van der Waals surface area (Å²) < 4.78 is 27.4. The van der Waals surface area contributed by atoms with E-state index in [0.29, 0.717) is 13.0 Å². The van der Waals surface area contributed by atoms with E-state index in [2.05, 4.69) is 31.3 Å². The predicted molar refractivity (Wildman–Crippen MR) is 213 cm³/mol. The number of allylic oxidation sites excluding steroid dienone is 3. The molecule has 1 aliphatic heterocycles. The summed E-state index contributed by atoms with van der Waals surface area (Å²) in [7, 11) is 0. The smallest absolute Gasteiger partial charge is 0.407 e. The number of hydrogen-bond donors (Lipinski definition) is 3. The van der Waals surface area contributed by atoms with E-state index in [0.717, 1.165) is 32.1 Å². The average Bonchev–Trinajstić information content (AvgIpc) is 3.12. The lowest BCUT2D eigenvalue weighted by atomic mass is 9.96. The standard InChI is InChI=1S/C40H72Cl3NO8/c1-4-7-9-11-13-15-16-17-19-21-23-25-29-48-33(26-24-22-20-18-14-12-10-8-5-2)27-30-49-37-35(44-39(47)51-32-40(41,42)43)38(50-28-6-3)52-34(31-45)36(37)46/h6,15-16,28,33-38,45-46H,4-5,7-14,17-27,29-32H2,1-3H3,(H,44,47)/b16-15-,28-6?/t33-,34-,35-,36-,37-,38-/m1/s1. The molecule has 1 fully saturated rings. The maximum absolute atomic E-state index is 12.7. The van der Waals surface area contributed by atoms with Crippen LogP contribution in [0, 0.1) is 0 Å². The van der Waals surface area contributed by atoms with Crippen LogP contribution in [0.1, 0.15) is 156 Å². The molecule has 0 aromatic heterocycles. The number of carbonyl (C=O) groups is 1. The number of halogens is 3. The van der Waals surface area contributed by atoms with Crippen molar-refractivity contribution in [2.45, 2.75) is 196 Å². The zero-order valence-electron chi connectivity index (χ0n) is 32.4. The van der Waals surface area contributed by atoms with Gasteiger partial charge in [0.1, 0.15) is 31.0 Å². The van der Waals surface area contributed by atoms with Gasteiger partial charge in [0.15, 0.2) is 0 Å². The van der Waals surface area contributed by atoms with Crippen molar-refractivity contribution in [2.75, 3.05) is 26.4 Å². The molecule has 0 saturated carbocycles. The van der Waals surface area contributed by atoms with Crippen LogP contribution >= 0.6 is 34.8 Å². The van der Waals surface area contributed by atoms with E-state index in [1.165, 1.54) is 103 Å². The third-order valence-corrected chi connectivity index (χ3v) is 9.57. The number of aliphatic hydroxyl groups excluding tert-OH is 2. The van der Waals surface area contributed by atoms with Gasteiger partial charge in [-0.2, -0.15) is 0 Å². The van der Waals surface area contributed by atoms with Gasteiger partial charge in [-0.25, -0.2) is 4.79 Å². The Hall–Kier alpha value is -0.780. The first-order valence-corrected chi connectivity index (χ1v) is 21.4. The van der Waals surface area contributed by atoms with Gasteiger partial charge < -0.3 is 39.2 Å². The zero-order chi connectivity index (χ0) is 38.3. The van der Waals surface area contributed by atoms with Crippen LogP contribution < -0.4 is 5.32 Å². The summed E-state index contributed by atoms with van der Waals surface area (Å²) in [6, 6.07) is -0.996. The molecule has 9 nitrogen and oxygen atoms in total. The Labute approximate surface area is 330 Å². The number of hydrogen-bond acceptors (Lipinski definition) is 8. The van der Waals surface area contributed by atoms with Crippen molar-refractivity contribution in [3.05, 3.63) is 24.5 Å². The van der Waals surface area contributed by atoms with Crippen LogP contribution in [0.3, 0.4) is 0 Å². The van der Waals surface area contributed by atoms with E-state index in [4.69, 9.17) is 58.5 Å². The number of alkyl carbamates (subject to hydrolysis) is 1. The molecule has 0 radical (unpaired) electrons. The second-order valence-electron chi connectivity index (χ2n) is 13.9. The lowest BCUT2D eigenvalue weighted by Crippen LogP contribution is -2.65. The van der Waals surface area contributed by atoms with E-state index in [1.54, 1.807) is 13.0 Å². The third-order valence-electron chi connectivity index (χ3n) is 9.24. The molecule has 1 rings (SSSR count). The van der Waals surface area contributed by atoms with Crippen LogP contribution in [-0.2, 0) is 23.7 Å². The molecule has 0 spiro atoms. The molecular weight excluding hydrogens is 729 g/mol. The summed E-state index contributed by atoms with van der Waals surface area (Å²) in [5.41, 5.74) is 0. The number of carbonyl (C=O) groups excluding carboxylic acids is 1. The van der Waals surface area contributed by atoms with E-state index >= 15 is 0 Å². The number of alkyl halides is 3. The average molecular weight is 801 g/mol. The first kappa shape index (κ1) is 49.2. The highest BCUT2D eigenvalue weighted by Crippen LogP contribution is 2.28. The molecular formula is C40H72Cl3NO8. The zero-order valence-corrected chi connectivity index (χ0v) is 34.7. The molecule has 3 N–H and O–H groups in total. The predicted octanol–water partition coefficient (Wildman–Crippen LogP) is 10.6. The van der Waals surface area contributed by atoms with Gasteiger partial charge in [0.2, 0.25) is 10.1 Å². The quantitative estimate of drug-likeness (QED) is 0.0267. The Morgan fingerprint density at radius 1 is 0.827 bits per heavy atom. The van der Waals surface area contributed by atoms with Crippen LogP contribution in [0.15, 0.2) is 24.5 Å². The fourth-order valence-electron chi connectivity index (χ4n) is 6.24. The molecule has 0 bridgehead atoms. The van der Waals surface area contributed by atoms with Crippen molar-refractivity contribution in [2.24, 2.45) is 0 Å². The fraction of sp³-hybridized carbons (Fsp3) is 0.875. The van der Waals surface area contributed by atoms with E-state index in [9.17, 15) is 15.0 Å². The highest BCUT2D eigenvalue weighted by molar-refractivity contribution is 6.67. The minimum Gasteiger partial charge on any atom is -0.471 e. The van der Waals surface area contributed by atoms with Crippen molar-refractivity contribution in [3.8, 4) is 0 Å². The molecule has 0 aliphatic carbocycles. The van der Waals surface area contributed by atoms with Crippen molar-refractivity contribution in [3.63, 3.8) is 0 Å². The van der Waals surface area contributed by atoms with Crippen LogP contribution in [0.4, 0.5) is 4.79 Å². The van der Waals surface area contributed by atoms with E-state index in [1.807, 2.05) is 0 Å². The molecule has 1 amide bonds. The number of aliphatic hydroxyl groups is 2. The topological polar surface area (TPSA) is 116 Å². The van der Waals surface area contributed by atoms with Gasteiger partial charge in [-0.15, -0.1) is 0 Å². The summed E-state index contributed by atoms with van der Waals surface area (Å²) in [5.74, 6) is 0. The van der Waals surface area contributed by atoms with Gasteiger partial charge in [0, 0.05) is 13.2 Å². The molecule has 0 aromatic rings. The maximum Gasteiger partial charge on any atom is 0.407 e. The normalized spacial score (nSPS) is 21.6. The minimum absolute atomic E-state index is 0.00143. The summed E-state index contributed by atoms with van der Waals surface area (Å²) in [6.07, 6.45) is 27.5. The summed E-state index contributed by atoms with van der Waals surface area (Å²) in [6.45, 7) is 6.24. The number of rotatable bonds is 32. The molecule has 12 heteroatoms. The van der Waals surface area contributed by atoms with Gasteiger partial charge in [0.05, 0.1) is 19.0 Å². The van der Waals surface area contributed by atoms with Gasteiger partial charge in [-0.1, -0.05) is 157 Å². The number of amides is 1. The Balaban J connectivity index is 2.74. The fourth-order valence-corrected chi connectivity index (χ4v) is 6.40. The molecule has 306 valence electrons.